The highest BCUT2D eigenvalue weighted by Crippen LogP contribution is 2.62. The number of rotatable bonds is 16. The van der Waals surface area contributed by atoms with Gasteiger partial charge in [-0.3, -0.25) is 9.13 Å². The van der Waals surface area contributed by atoms with Gasteiger partial charge in [0.05, 0.1) is 32.8 Å². The minimum Gasteiger partial charge on any atom is -0.466 e. The Balaban J connectivity index is 0.000000817. The molecule has 0 saturated carbocycles. The lowest BCUT2D eigenvalue weighted by molar-refractivity contribution is -0.156. The molecule has 0 aromatic heterocycles. The summed E-state index contributed by atoms with van der Waals surface area (Å²) in [5.41, 5.74) is 0.659. The van der Waals surface area contributed by atoms with E-state index >= 15 is 0 Å². The van der Waals surface area contributed by atoms with E-state index < -0.39 is 58.1 Å². The monoisotopic (exact) mass is 684 g/mol. The van der Waals surface area contributed by atoms with E-state index in [1.165, 1.54) is 13.8 Å². The highest BCUT2D eigenvalue weighted by Gasteiger charge is 2.59. The minimum atomic E-state index is -4.25. The maximum absolute atomic E-state index is 12.6. The quantitative estimate of drug-likeness (QED) is 0.139. The molecule has 42 heavy (non-hydrogen) atoms. The van der Waals surface area contributed by atoms with Crippen LogP contribution in [-0.4, -0.2) is 86.5 Å². The molecule has 2 unspecified atom stereocenters. The normalized spacial score (nSPS) is 15.4. The number of esters is 2. The molecule has 1 aromatic carbocycles. The fourth-order valence-electron chi connectivity index (χ4n) is 3.07. The van der Waals surface area contributed by atoms with E-state index in [1.807, 2.05) is 0 Å². The molecule has 0 fully saturated rings. The summed E-state index contributed by atoms with van der Waals surface area (Å²) in [5, 5.41) is -4.85. The first-order valence-electron chi connectivity index (χ1n) is 11.9. The van der Waals surface area contributed by atoms with Gasteiger partial charge in [0.1, 0.15) is 6.61 Å². The number of hydrogen-bond donors (Lipinski definition) is 0. The van der Waals surface area contributed by atoms with E-state index in [-0.39, 0.29) is 19.8 Å². The number of benzene rings is 1. The van der Waals surface area contributed by atoms with Crippen molar-refractivity contribution in [3.05, 3.63) is 35.9 Å². The number of carbonyl (C=O) groups is 2. The lowest BCUT2D eigenvalue weighted by atomic mass is 10.2. The third kappa shape index (κ3) is 11.1. The molecule has 244 valence electrons. The highest BCUT2D eigenvalue weighted by atomic mass is 32.2. The molecule has 20 heteroatoms. The molecule has 0 N–H and O–H groups in total. The van der Waals surface area contributed by atoms with E-state index in [0.29, 0.717) is 11.8 Å². The van der Waals surface area contributed by atoms with Gasteiger partial charge < -0.3 is 27.6 Å². The summed E-state index contributed by atoms with van der Waals surface area (Å²) < 4.78 is 109. The minimum absolute atomic E-state index is 0.0585. The van der Waals surface area contributed by atoms with Gasteiger partial charge in [-0.2, -0.15) is 16.8 Å². The average Bonchev–Trinajstić information content (AvgIpc) is 2.89. The summed E-state index contributed by atoms with van der Waals surface area (Å²) in [4.78, 5) is 24.1. The number of ether oxygens (including phenoxy) is 2. The van der Waals surface area contributed by atoms with Crippen LogP contribution in [0.3, 0.4) is 0 Å². The molecule has 0 bridgehead atoms. The molecule has 0 radical (unpaired) electrons. The Morgan fingerprint density at radius 1 is 0.738 bits per heavy atom. The zero-order valence-corrected chi connectivity index (χ0v) is 28.2. The van der Waals surface area contributed by atoms with Gasteiger partial charge >= 0.3 is 27.1 Å². The first kappa shape index (κ1) is 40.3. The van der Waals surface area contributed by atoms with Gasteiger partial charge in [-0.15, -0.1) is 0 Å². The molecular formula is C22H38O16P2S2. The summed E-state index contributed by atoms with van der Waals surface area (Å²) in [6, 6.07) is 8.67. The smallest absolute Gasteiger partial charge is 0.375 e. The van der Waals surface area contributed by atoms with Crippen LogP contribution in [0.15, 0.2) is 30.3 Å². The second-order valence-corrected chi connectivity index (χ2v) is 16.4. The van der Waals surface area contributed by atoms with E-state index in [9.17, 15) is 35.6 Å². The third-order valence-electron chi connectivity index (χ3n) is 4.91. The van der Waals surface area contributed by atoms with E-state index in [2.05, 4.69) is 8.92 Å². The number of carbonyl (C=O) groups excluding carboxylic acids is 2. The maximum Gasteiger partial charge on any atom is 0.375 e. The Hall–Kier alpha value is -1.72. The third-order valence-corrected chi connectivity index (χ3v) is 11.2. The Labute approximate surface area is 246 Å². The molecule has 0 aliphatic heterocycles. The van der Waals surface area contributed by atoms with Crippen molar-refractivity contribution in [2.24, 2.45) is 0 Å². The molecule has 0 aliphatic rings. The van der Waals surface area contributed by atoms with Crippen LogP contribution in [0.1, 0.15) is 33.3 Å². The standard InChI is InChI=1S/C13H19O8PS.C9H19O8PS/c1-13(21-23(4,16)17,22(15,18-2)19-3)12(14)20-10-11-8-6-5-7-9-11;1-6-15-18(11,16-7-2)9(3,8(10)14-4)17-19(5,12)13/h5-9H,10H2,1-4H3;6-7H2,1-5H3. The number of hydrogen-bond acceptors (Lipinski definition) is 16. The Kier molecular flexibility index (Phi) is 15.7. The van der Waals surface area contributed by atoms with Crippen molar-refractivity contribution in [2.45, 2.75) is 45.0 Å². The molecule has 0 amide bonds. The van der Waals surface area contributed by atoms with Crippen molar-refractivity contribution in [1.82, 2.24) is 0 Å². The molecule has 0 spiro atoms. The van der Waals surface area contributed by atoms with Crippen LogP contribution in [0.5, 0.6) is 0 Å². The van der Waals surface area contributed by atoms with Gasteiger partial charge in [-0.05, 0) is 33.3 Å². The summed E-state index contributed by atoms with van der Waals surface area (Å²) in [6.45, 7) is 4.73. The van der Waals surface area contributed by atoms with E-state index in [0.717, 1.165) is 41.4 Å². The topological polar surface area (TPSA) is 210 Å². The second-order valence-electron chi connectivity index (χ2n) is 8.29. The van der Waals surface area contributed by atoms with Crippen molar-refractivity contribution >= 4 is 47.4 Å². The van der Waals surface area contributed by atoms with Crippen LogP contribution in [0.25, 0.3) is 0 Å². The summed E-state index contributed by atoms with van der Waals surface area (Å²) >= 11 is 0. The van der Waals surface area contributed by atoms with Gasteiger partial charge in [0.2, 0.25) is 0 Å². The van der Waals surface area contributed by atoms with Crippen LogP contribution >= 0.6 is 15.2 Å². The maximum atomic E-state index is 12.6. The molecule has 0 heterocycles. The first-order valence-corrected chi connectivity index (χ1v) is 18.6. The van der Waals surface area contributed by atoms with E-state index in [4.69, 9.17) is 27.0 Å². The fraction of sp³-hybridized carbons (Fsp3) is 0.636. The Morgan fingerprint density at radius 2 is 1.14 bits per heavy atom. The molecule has 16 nitrogen and oxygen atoms in total. The largest absolute Gasteiger partial charge is 0.466 e. The number of methoxy groups -OCH3 is 1. The fourth-order valence-corrected chi connectivity index (χ4v) is 8.62. The summed E-state index contributed by atoms with van der Waals surface area (Å²) in [7, 11) is -13.6. The average molecular weight is 685 g/mol. The lowest BCUT2D eigenvalue weighted by Crippen LogP contribution is -2.42. The van der Waals surface area contributed by atoms with Crippen molar-refractivity contribution in [2.75, 3.05) is 47.1 Å². The predicted molar refractivity (Wildman–Crippen MR) is 149 cm³/mol. The predicted octanol–water partition coefficient (Wildman–Crippen LogP) is 3.03. The zero-order chi connectivity index (χ0) is 33.0. The highest BCUT2D eigenvalue weighted by molar-refractivity contribution is 7.86. The zero-order valence-electron chi connectivity index (χ0n) is 24.8. The second kappa shape index (κ2) is 16.4. The van der Waals surface area contributed by atoms with Crippen molar-refractivity contribution in [3.8, 4) is 0 Å². The molecule has 0 saturated heterocycles. The lowest BCUT2D eigenvalue weighted by Gasteiger charge is -2.31. The molecule has 1 aromatic rings. The summed E-state index contributed by atoms with van der Waals surface area (Å²) in [6.07, 6.45) is 1.43. The molecule has 0 aliphatic carbocycles. The Morgan fingerprint density at radius 3 is 1.48 bits per heavy atom. The van der Waals surface area contributed by atoms with Crippen LogP contribution in [-0.2, 0) is 81.5 Å². The van der Waals surface area contributed by atoms with Crippen molar-refractivity contribution in [3.63, 3.8) is 0 Å². The van der Waals surface area contributed by atoms with Crippen LogP contribution in [0, 0.1) is 0 Å². The van der Waals surface area contributed by atoms with E-state index in [1.54, 1.807) is 30.3 Å². The van der Waals surface area contributed by atoms with Crippen LogP contribution < -0.4 is 0 Å². The van der Waals surface area contributed by atoms with Gasteiger partial charge in [-0.1, -0.05) is 30.3 Å². The van der Waals surface area contributed by atoms with Crippen molar-refractivity contribution in [1.29, 1.82) is 0 Å². The van der Waals surface area contributed by atoms with Crippen LogP contribution in [0.2, 0.25) is 0 Å². The summed E-state index contributed by atoms with van der Waals surface area (Å²) in [5.74, 6) is -2.35. The Bertz CT molecular complexity index is 1330. The SMILES string of the molecule is CCOP(=O)(OCC)C(C)(OS(C)(=O)=O)C(=O)OC.COP(=O)(OC)C(C)(OS(C)(=O)=O)C(=O)OCc1ccccc1. The molecular weight excluding hydrogens is 646 g/mol. The molecule has 1 rings (SSSR count). The van der Waals surface area contributed by atoms with Crippen LogP contribution in [0.4, 0.5) is 0 Å². The van der Waals surface area contributed by atoms with Gasteiger partial charge in [0.15, 0.2) is 0 Å². The van der Waals surface area contributed by atoms with Crippen molar-refractivity contribution < 1.29 is 71.5 Å². The van der Waals surface area contributed by atoms with Gasteiger partial charge in [-0.25, -0.2) is 18.0 Å². The molecule has 2 atom stereocenters. The van der Waals surface area contributed by atoms with Gasteiger partial charge in [0, 0.05) is 14.2 Å². The van der Waals surface area contributed by atoms with Gasteiger partial charge in [0.25, 0.3) is 30.9 Å². The first-order chi connectivity index (χ1) is 19.1.